The van der Waals surface area contributed by atoms with Gasteiger partial charge in [0.05, 0.1) is 7.11 Å². The van der Waals surface area contributed by atoms with Crippen LogP contribution in [0, 0.1) is 0 Å². The van der Waals surface area contributed by atoms with Gasteiger partial charge >= 0.3 is 0 Å². The number of nitrogens with one attached hydrogen (secondary N) is 1. The lowest BCUT2D eigenvalue weighted by atomic mass is 10.1. The van der Waals surface area contributed by atoms with E-state index in [2.05, 4.69) is 64.6 Å². The summed E-state index contributed by atoms with van der Waals surface area (Å²) in [5, 5.41) is 3.57. The zero-order chi connectivity index (χ0) is 15.1. The number of benzene rings is 2. The minimum Gasteiger partial charge on any atom is -0.496 e. The third-order valence-electron chi connectivity index (χ3n) is 3.59. The van der Waals surface area contributed by atoms with E-state index in [0.717, 1.165) is 29.6 Å². The fraction of sp³-hybridized carbons (Fsp3) is 0.333. The smallest absolute Gasteiger partial charge is 0.123 e. The molecule has 2 aromatic carbocycles. The Morgan fingerprint density at radius 1 is 1.14 bits per heavy atom. The number of ether oxygens (including phenoxy) is 1. The van der Waals surface area contributed by atoms with Crippen LogP contribution < -0.4 is 10.1 Å². The predicted molar refractivity (Wildman–Crippen MR) is 91.8 cm³/mol. The van der Waals surface area contributed by atoms with Gasteiger partial charge in [-0.15, -0.1) is 0 Å². The maximum atomic E-state index is 5.40. The molecule has 0 fully saturated rings. The van der Waals surface area contributed by atoms with Gasteiger partial charge in [-0.25, -0.2) is 0 Å². The van der Waals surface area contributed by atoms with Gasteiger partial charge in [0.15, 0.2) is 0 Å². The Morgan fingerprint density at radius 2 is 1.90 bits per heavy atom. The van der Waals surface area contributed by atoms with Crippen molar-refractivity contribution in [1.29, 1.82) is 0 Å². The summed E-state index contributed by atoms with van der Waals surface area (Å²) in [5.41, 5.74) is 2.57. The largest absolute Gasteiger partial charge is 0.496 e. The molecule has 0 radical (unpaired) electrons. The van der Waals surface area contributed by atoms with Crippen LogP contribution in [0.15, 0.2) is 53.0 Å². The highest BCUT2D eigenvalue weighted by Gasteiger charge is 2.06. The Labute approximate surface area is 135 Å². The van der Waals surface area contributed by atoms with Crippen molar-refractivity contribution in [2.24, 2.45) is 0 Å². The molecule has 0 heterocycles. The summed E-state index contributed by atoms with van der Waals surface area (Å²) in [6.45, 7) is 3.05. The number of rotatable bonds is 7. The van der Waals surface area contributed by atoms with Gasteiger partial charge in [-0.1, -0.05) is 46.3 Å². The van der Waals surface area contributed by atoms with Crippen molar-refractivity contribution in [2.75, 3.05) is 7.11 Å². The van der Waals surface area contributed by atoms with Crippen molar-refractivity contribution in [3.8, 4) is 5.75 Å². The molecule has 0 aliphatic heterocycles. The summed E-state index contributed by atoms with van der Waals surface area (Å²) in [4.78, 5) is 0. The molecule has 1 atom stereocenters. The minimum absolute atomic E-state index is 0.467. The third-order valence-corrected chi connectivity index (χ3v) is 4.09. The maximum absolute atomic E-state index is 5.40. The highest BCUT2D eigenvalue weighted by atomic mass is 79.9. The molecule has 0 spiro atoms. The van der Waals surface area contributed by atoms with Crippen LogP contribution >= 0.6 is 15.9 Å². The number of hydrogen-bond acceptors (Lipinski definition) is 2. The first-order chi connectivity index (χ1) is 10.2. The van der Waals surface area contributed by atoms with E-state index in [-0.39, 0.29) is 0 Å². The normalized spacial score (nSPS) is 12.1. The Morgan fingerprint density at radius 3 is 2.62 bits per heavy atom. The highest BCUT2D eigenvalue weighted by Crippen LogP contribution is 2.23. The van der Waals surface area contributed by atoms with E-state index in [0.29, 0.717) is 6.04 Å². The summed E-state index contributed by atoms with van der Waals surface area (Å²) >= 11 is 3.51. The van der Waals surface area contributed by atoms with E-state index in [4.69, 9.17) is 4.74 Å². The fourth-order valence-corrected chi connectivity index (χ4v) is 2.71. The Balaban J connectivity index is 1.84. The molecule has 1 N–H and O–H groups in total. The van der Waals surface area contributed by atoms with Crippen molar-refractivity contribution in [2.45, 2.75) is 32.4 Å². The van der Waals surface area contributed by atoms with Crippen LogP contribution in [-0.2, 0) is 13.0 Å². The number of hydrogen-bond donors (Lipinski definition) is 1. The van der Waals surface area contributed by atoms with Crippen LogP contribution in [0.5, 0.6) is 5.75 Å². The molecule has 0 aliphatic carbocycles. The molecule has 0 saturated heterocycles. The molecule has 112 valence electrons. The van der Waals surface area contributed by atoms with Gasteiger partial charge in [-0.05, 0) is 43.5 Å². The van der Waals surface area contributed by atoms with Gasteiger partial charge in [-0.3, -0.25) is 0 Å². The molecule has 3 heteroatoms. The van der Waals surface area contributed by atoms with E-state index in [1.54, 1.807) is 7.11 Å². The number of methoxy groups -OCH3 is 1. The molecule has 0 aromatic heterocycles. The highest BCUT2D eigenvalue weighted by molar-refractivity contribution is 9.10. The average Bonchev–Trinajstić information content (AvgIpc) is 2.52. The van der Waals surface area contributed by atoms with Crippen LogP contribution in [0.4, 0.5) is 0 Å². The SMILES string of the molecule is COc1ccc(Br)cc1CNC(C)CCc1ccccc1. The minimum atomic E-state index is 0.467. The molecule has 0 amide bonds. The number of aryl methyl sites for hydroxylation is 1. The van der Waals surface area contributed by atoms with Crippen molar-refractivity contribution < 1.29 is 4.74 Å². The second-order valence-electron chi connectivity index (χ2n) is 5.26. The Hall–Kier alpha value is -1.32. The van der Waals surface area contributed by atoms with Crippen molar-refractivity contribution in [3.05, 3.63) is 64.1 Å². The van der Waals surface area contributed by atoms with Gasteiger partial charge in [-0.2, -0.15) is 0 Å². The summed E-state index contributed by atoms with van der Waals surface area (Å²) in [6.07, 6.45) is 2.23. The maximum Gasteiger partial charge on any atom is 0.123 e. The molecule has 2 aromatic rings. The van der Waals surface area contributed by atoms with E-state index in [1.807, 2.05) is 12.1 Å². The van der Waals surface area contributed by atoms with Gasteiger partial charge in [0, 0.05) is 22.6 Å². The van der Waals surface area contributed by atoms with Crippen molar-refractivity contribution in [1.82, 2.24) is 5.32 Å². The topological polar surface area (TPSA) is 21.3 Å². The van der Waals surface area contributed by atoms with Crippen LogP contribution in [0.25, 0.3) is 0 Å². The molecule has 2 rings (SSSR count). The number of halogens is 1. The quantitative estimate of drug-likeness (QED) is 0.792. The molecule has 21 heavy (non-hydrogen) atoms. The zero-order valence-corrected chi connectivity index (χ0v) is 14.2. The van der Waals surface area contributed by atoms with Gasteiger partial charge < -0.3 is 10.1 Å². The second-order valence-corrected chi connectivity index (χ2v) is 6.18. The molecule has 0 saturated carbocycles. The second kappa shape index (κ2) is 8.20. The Kier molecular flexibility index (Phi) is 6.27. The monoisotopic (exact) mass is 347 g/mol. The van der Waals surface area contributed by atoms with Gasteiger partial charge in [0.25, 0.3) is 0 Å². The van der Waals surface area contributed by atoms with Gasteiger partial charge in [0.2, 0.25) is 0 Å². The third kappa shape index (κ3) is 5.18. The predicted octanol–water partition coefficient (Wildman–Crippen LogP) is 4.57. The van der Waals surface area contributed by atoms with Crippen LogP contribution in [0.2, 0.25) is 0 Å². The average molecular weight is 348 g/mol. The standard InChI is InChI=1S/C18H22BrNO/c1-14(8-9-15-6-4-3-5-7-15)20-13-16-12-17(19)10-11-18(16)21-2/h3-7,10-12,14,20H,8-9,13H2,1-2H3. The zero-order valence-electron chi connectivity index (χ0n) is 12.6. The van der Waals surface area contributed by atoms with Crippen LogP contribution in [-0.4, -0.2) is 13.2 Å². The fourth-order valence-electron chi connectivity index (χ4n) is 2.30. The van der Waals surface area contributed by atoms with Crippen molar-refractivity contribution in [3.63, 3.8) is 0 Å². The summed E-state index contributed by atoms with van der Waals surface area (Å²) in [7, 11) is 1.71. The molecular weight excluding hydrogens is 326 g/mol. The van der Waals surface area contributed by atoms with Gasteiger partial charge in [0.1, 0.15) is 5.75 Å². The molecular formula is C18H22BrNO. The lowest BCUT2D eigenvalue weighted by molar-refractivity contribution is 0.404. The van der Waals surface area contributed by atoms with E-state index in [1.165, 1.54) is 11.1 Å². The van der Waals surface area contributed by atoms with E-state index in [9.17, 15) is 0 Å². The molecule has 2 nitrogen and oxygen atoms in total. The first-order valence-electron chi connectivity index (χ1n) is 7.29. The lowest BCUT2D eigenvalue weighted by Crippen LogP contribution is -2.26. The Bertz CT molecular complexity index is 556. The molecule has 1 unspecified atom stereocenters. The van der Waals surface area contributed by atoms with Crippen LogP contribution in [0.3, 0.4) is 0 Å². The molecule has 0 bridgehead atoms. The lowest BCUT2D eigenvalue weighted by Gasteiger charge is -2.15. The van der Waals surface area contributed by atoms with Crippen molar-refractivity contribution >= 4 is 15.9 Å². The first-order valence-corrected chi connectivity index (χ1v) is 8.08. The summed E-state index contributed by atoms with van der Waals surface area (Å²) < 4.78 is 6.48. The summed E-state index contributed by atoms with van der Waals surface area (Å²) in [5.74, 6) is 0.931. The van der Waals surface area contributed by atoms with Crippen LogP contribution in [0.1, 0.15) is 24.5 Å². The first kappa shape index (κ1) is 16.1. The van der Waals surface area contributed by atoms with E-state index < -0.39 is 0 Å². The summed E-state index contributed by atoms with van der Waals surface area (Å²) in [6, 6.07) is 17.2. The molecule has 0 aliphatic rings. The van der Waals surface area contributed by atoms with E-state index >= 15 is 0 Å².